The van der Waals surface area contributed by atoms with Crippen LogP contribution in [0.25, 0.3) is 0 Å². The highest BCUT2D eigenvalue weighted by molar-refractivity contribution is 7.99. The highest BCUT2D eigenvalue weighted by Gasteiger charge is 2.28. The topological polar surface area (TPSA) is 0 Å². The molecule has 1 rings (SSSR count). The van der Waals surface area contributed by atoms with E-state index in [2.05, 4.69) is 31.9 Å². The summed E-state index contributed by atoms with van der Waals surface area (Å²) >= 11 is 2.07. The first-order valence-electron chi connectivity index (χ1n) is 4.28. The summed E-state index contributed by atoms with van der Waals surface area (Å²) in [4.78, 5) is 0. The fourth-order valence-electron chi connectivity index (χ4n) is 2.01. The zero-order valence-corrected chi connectivity index (χ0v) is 8.08. The zero-order chi connectivity index (χ0) is 7.56. The molecule has 0 heterocycles. The summed E-state index contributed by atoms with van der Waals surface area (Å²) in [5.74, 6) is 1.91. The predicted octanol–water partition coefficient (Wildman–Crippen LogP) is 3.17. The molecule has 10 heavy (non-hydrogen) atoms. The maximum atomic E-state index is 2.36. The first kappa shape index (κ1) is 8.45. The van der Waals surface area contributed by atoms with E-state index in [0.717, 1.165) is 17.1 Å². The van der Waals surface area contributed by atoms with Gasteiger partial charge in [-0.3, -0.25) is 0 Å². The lowest BCUT2D eigenvalue weighted by Crippen LogP contribution is -2.15. The van der Waals surface area contributed by atoms with Crippen LogP contribution in [0, 0.1) is 11.8 Å². The molecule has 0 bridgehead atoms. The number of hydrogen-bond acceptors (Lipinski definition) is 1. The molecule has 0 aliphatic heterocycles. The number of thioether (sulfide) groups is 1. The Bertz CT molecular complexity index is 98.9. The van der Waals surface area contributed by atoms with Gasteiger partial charge in [-0.1, -0.05) is 20.3 Å². The van der Waals surface area contributed by atoms with E-state index < -0.39 is 0 Å². The quantitative estimate of drug-likeness (QED) is 0.595. The molecule has 0 saturated heterocycles. The van der Waals surface area contributed by atoms with E-state index in [9.17, 15) is 0 Å². The second-order valence-corrected chi connectivity index (χ2v) is 4.69. The van der Waals surface area contributed by atoms with Crippen molar-refractivity contribution in [1.29, 1.82) is 0 Å². The van der Waals surface area contributed by atoms with Crippen LogP contribution in [0.4, 0.5) is 0 Å². The van der Waals surface area contributed by atoms with Gasteiger partial charge < -0.3 is 0 Å². The molecule has 60 valence electrons. The molecule has 1 saturated carbocycles. The Morgan fingerprint density at radius 3 is 2.40 bits per heavy atom. The van der Waals surface area contributed by atoms with E-state index in [-0.39, 0.29) is 0 Å². The molecule has 0 radical (unpaired) electrons. The minimum Gasteiger partial charge on any atom is -0.162 e. The molecule has 1 fully saturated rings. The Hall–Kier alpha value is 0.350. The van der Waals surface area contributed by atoms with E-state index in [1.165, 1.54) is 19.3 Å². The van der Waals surface area contributed by atoms with Crippen molar-refractivity contribution in [3.63, 3.8) is 0 Å². The Kier molecular flexibility index (Phi) is 3.09. The standard InChI is InChI=1S/C9H18S/c1-7(2)8-5-4-6-9(8)10-3/h7-9H,4-6H2,1-3H3/t8-,9-/m1/s1. The lowest BCUT2D eigenvalue weighted by molar-refractivity contribution is 0.404. The van der Waals surface area contributed by atoms with Crippen LogP contribution >= 0.6 is 11.8 Å². The van der Waals surface area contributed by atoms with Gasteiger partial charge in [-0.25, -0.2) is 0 Å². The molecule has 2 atom stereocenters. The van der Waals surface area contributed by atoms with E-state index in [1.54, 1.807) is 0 Å². The monoisotopic (exact) mass is 158 g/mol. The molecule has 1 aliphatic carbocycles. The van der Waals surface area contributed by atoms with Crippen molar-refractivity contribution in [3.8, 4) is 0 Å². The largest absolute Gasteiger partial charge is 0.162 e. The van der Waals surface area contributed by atoms with Crippen LogP contribution in [0.2, 0.25) is 0 Å². The number of hydrogen-bond donors (Lipinski definition) is 0. The highest BCUT2D eigenvalue weighted by Crippen LogP contribution is 2.37. The van der Waals surface area contributed by atoms with Crippen LogP contribution in [-0.2, 0) is 0 Å². The first-order valence-corrected chi connectivity index (χ1v) is 5.57. The van der Waals surface area contributed by atoms with E-state index in [0.29, 0.717) is 0 Å². The molecule has 0 unspecified atom stereocenters. The summed E-state index contributed by atoms with van der Waals surface area (Å²) in [6, 6.07) is 0. The molecule has 1 heteroatoms. The normalized spacial score (nSPS) is 33.6. The summed E-state index contributed by atoms with van der Waals surface area (Å²) in [6.45, 7) is 4.72. The molecule has 0 aromatic carbocycles. The summed E-state index contributed by atoms with van der Waals surface area (Å²) in [7, 11) is 0. The van der Waals surface area contributed by atoms with Crippen molar-refractivity contribution in [1.82, 2.24) is 0 Å². The van der Waals surface area contributed by atoms with Gasteiger partial charge in [0.1, 0.15) is 0 Å². The molecular weight excluding hydrogens is 140 g/mol. The van der Waals surface area contributed by atoms with Gasteiger partial charge >= 0.3 is 0 Å². The van der Waals surface area contributed by atoms with E-state index in [4.69, 9.17) is 0 Å². The Morgan fingerprint density at radius 1 is 1.30 bits per heavy atom. The van der Waals surface area contributed by atoms with Crippen molar-refractivity contribution in [2.45, 2.75) is 38.4 Å². The average molecular weight is 158 g/mol. The fraction of sp³-hybridized carbons (Fsp3) is 1.00. The third-order valence-electron chi connectivity index (χ3n) is 2.66. The zero-order valence-electron chi connectivity index (χ0n) is 7.26. The third kappa shape index (κ3) is 1.69. The molecule has 0 amide bonds. The first-order chi connectivity index (χ1) is 4.75. The SMILES string of the molecule is CS[C@@H]1CCC[C@@H]1C(C)C. The second kappa shape index (κ2) is 3.66. The third-order valence-corrected chi connectivity index (χ3v) is 3.85. The molecule has 0 N–H and O–H groups in total. The summed E-state index contributed by atoms with van der Waals surface area (Å²) in [6.07, 6.45) is 6.66. The lowest BCUT2D eigenvalue weighted by Gasteiger charge is -2.20. The van der Waals surface area contributed by atoms with E-state index >= 15 is 0 Å². The minimum absolute atomic E-state index is 0.903. The van der Waals surface area contributed by atoms with Crippen molar-refractivity contribution in [2.24, 2.45) is 11.8 Å². The summed E-state index contributed by atoms with van der Waals surface area (Å²) < 4.78 is 0. The van der Waals surface area contributed by atoms with Gasteiger partial charge in [0.05, 0.1) is 0 Å². The van der Waals surface area contributed by atoms with Crippen molar-refractivity contribution in [3.05, 3.63) is 0 Å². The van der Waals surface area contributed by atoms with Gasteiger partial charge in [0.15, 0.2) is 0 Å². The van der Waals surface area contributed by atoms with Crippen LogP contribution in [0.3, 0.4) is 0 Å². The molecule has 0 nitrogen and oxygen atoms in total. The molecule has 0 aromatic rings. The van der Waals surface area contributed by atoms with Crippen molar-refractivity contribution in [2.75, 3.05) is 6.26 Å². The lowest BCUT2D eigenvalue weighted by atomic mass is 9.94. The predicted molar refractivity (Wildman–Crippen MR) is 49.5 cm³/mol. The maximum Gasteiger partial charge on any atom is 0.00749 e. The van der Waals surface area contributed by atoms with Crippen LogP contribution < -0.4 is 0 Å². The number of rotatable bonds is 2. The minimum atomic E-state index is 0.903. The van der Waals surface area contributed by atoms with Crippen LogP contribution in [0.1, 0.15) is 33.1 Å². The molecule has 0 spiro atoms. The van der Waals surface area contributed by atoms with Crippen molar-refractivity contribution >= 4 is 11.8 Å². The fourth-order valence-corrected chi connectivity index (χ4v) is 3.21. The van der Waals surface area contributed by atoms with E-state index in [1.807, 2.05) is 0 Å². The molecule has 1 aliphatic rings. The van der Waals surface area contributed by atoms with Gasteiger partial charge in [0.2, 0.25) is 0 Å². The van der Waals surface area contributed by atoms with Crippen LogP contribution in [0.15, 0.2) is 0 Å². The Balaban J connectivity index is 2.42. The van der Waals surface area contributed by atoms with Gasteiger partial charge in [-0.05, 0) is 30.9 Å². The Morgan fingerprint density at radius 2 is 2.00 bits per heavy atom. The maximum absolute atomic E-state index is 2.36. The van der Waals surface area contributed by atoms with Crippen LogP contribution in [0.5, 0.6) is 0 Å². The highest BCUT2D eigenvalue weighted by atomic mass is 32.2. The van der Waals surface area contributed by atoms with Crippen LogP contribution in [-0.4, -0.2) is 11.5 Å². The summed E-state index contributed by atoms with van der Waals surface area (Å²) in [5.41, 5.74) is 0. The van der Waals surface area contributed by atoms with Gasteiger partial charge in [-0.15, -0.1) is 0 Å². The van der Waals surface area contributed by atoms with Gasteiger partial charge in [-0.2, -0.15) is 11.8 Å². The smallest absolute Gasteiger partial charge is 0.00749 e. The molecular formula is C9H18S. The average Bonchev–Trinajstić information content (AvgIpc) is 2.33. The Labute approximate surface area is 68.8 Å². The van der Waals surface area contributed by atoms with Gasteiger partial charge in [0, 0.05) is 5.25 Å². The van der Waals surface area contributed by atoms with Crippen molar-refractivity contribution < 1.29 is 0 Å². The van der Waals surface area contributed by atoms with Gasteiger partial charge in [0.25, 0.3) is 0 Å². The summed E-state index contributed by atoms with van der Waals surface area (Å²) in [5, 5.41) is 0.972. The molecule has 0 aromatic heterocycles. The second-order valence-electron chi connectivity index (χ2n) is 3.61.